The quantitative estimate of drug-likeness (QED) is 0.752. The highest BCUT2D eigenvalue weighted by Crippen LogP contribution is 2.34. The van der Waals surface area contributed by atoms with Crippen molar-refractivity contribution in [2.24, 2.45) is 11.7 Å². The van der Waals surface area contributed by atoms with Crippen LogP contribution in [0.25, 0.3) is 0 Å². The molecule has 0 spiro atoms. The standard InChI is InChI=1S/C12H20N2O/c1-2-3-9-6-12(9)14-8-11-5-4-10(7-13)15-11/h4-5,9,12,14H,2-3,6-8,13H2,1H3. The molecule has 0 saturated heterocycles. The van der Waals surface area contributed by atoms with Crippen LogP contribution in [0.15, 0.2) is 16.5 Å². The molecule has 15 heavy (non-hydrogen) atoms. The van der Waals surface area contributed by atoms with E-state index in [0.29, 0.717) is 6.54 Å². The second kappa shape index (κ2) is 4.81. The molecule has 1 aliphatic carbocycles. The predicted octanol–water partition coefficient (Wildman–Crippen LogP) is 2.02. The van der Waals surface area contributed by atoms with Crippen LogP contribution in [0.5, 0.6) is 0 Å². The molecule has 1 saturated carbocycles. The lowest BCUT2D eigenvalue weighted by atomic mass is 10.2. The molecule has 3 nitrogen and oxygen atoms in total. The number of furan rings is 1. The minimum atomic E-state index is 0.488. The second-order valence-corrected chi connectivity index (χ2v) is 4.34. The van der Waals surface area contributed by atoms with Crippen molar-refractivity contribution in [3.05, 3.63) is 23.7 Å². The normalized spacial score (nSPS) is 24.4. The molecule has 1 fully saturated rings. The topological polar surface area (TPSA) is 51.2 Å². The van der Waals surface area contributed by atoms with Crippen LogP contribution in [0.2, 0.25) is 0 Å². The Kier molecular flexibility index (Phi) is 3.44. The van der Waals surface area contributed by atoms with E-state index in [1.165, 1.54) is 19.3 Å². The van der Waals surface area contributed by atoms with Gasteiger partial charge in [-0.25, -0.2) is 0 Å². The third-order valence-electron chi connectivity index (χ3n) is 3.04. The fourth-order valence-electron chi connectivity index (χ4n) is 2.05. The summed E-state index contributed by atoms with van der Waals surface area (Å²) in [5.41, 5.74) is 5.48. The molecule has 2 unspecified atom stereocenters. The fraction of sp³-hybridized carbons (Fsp3) is 0.667. The molecular formula is C12H20N2O. The van der Waals surface area contributed by atoms with Crippen LogP contribution in [0.4, 0.5) is 0 Å². The molecule has 0 bridgehead atoms. The van der Waals surface area contributed by atoms with Gasteiger partial charge in [-0.15, -0.1) is 0 Å². The van der Waals surface area contributed by atoms with E-state index in [1.807, 2.05) is 12.1 Å². The molecule has 1 aromatic heterocycles. The van der Waals surface area contributed by atoms with E-state index in [2.05, 4.69) is 12.2 Å². The van der Waals surface area contributed by atoms with Crippen molar-refractivity contribution in [3.8, 4) is 0 Å². The Balaban J connectivity index is 1.70. The molecule has 2 atom stereocenters. The highest BCUT2D eigenvalue weighted by molar-refractivity contribution is 5.07. The molecule has 3 heteroatoms. The third kappa shape index (κ3) is 2.83. The maximum atomic E-state index is 5.52. The summed E-state index contributed by atoms with van der Waals surface area (Å²) in [6.07, 6.45) is 3.98. The van der Waals surface area contributed by atoms with Gasteiger partial charge in [0.1, 0.15) is 11.5 Å². The zero-order valence-electron chi connectivity index (χ0n) is 9.33. The van der Waals surface area contributed by atoms with Crippen LogP contribution in [0, 0.1) is 5.92 Å². The minimum Gasteiger partial charge on any atom is -0.463 e. The highest BCUT2D eigenvalue weighted by atomic mass is 16.3. The first-order valence-corrected chi connectivity index (χ1v) is 5.84. The van der Waals surface area contributed by atoms with E-state index in [9.17, 15) is 0 Å². The zero-order chi connectivity index (χ0) is 10.7. The molecule has 0 aromatic carbocycles. The third-order valence-corrected chi connectivity index (χ3v) is 3.04. The van der Waals surface area contributed by atoms with Crippen molar-refractivity contribution in [1.29, 1.82) is 0 Å². The molecule has 1 aliphatic rings. The van der Waals surface area contributed by atoms with Gasteiger partial charge >= 0.3 is 0 Å². The number of nitrogens with one attached hydrogen (secondary N) is 1. The molecular weight excluding hydrogens is 188 g/mol. The van der Waals surface area contributed by atoms with Crippen LogP contribution in [0.3, 0.4) is 0 Å². The first-order valence-electron chi connectivity index (χ1n) is 5.84. The number of nitrogens with two attached hydrogens (primary N) is 1. The smallest absolute Gasteiger partial charge is 0.118 e. The summed E-state index contributed by atoms with van der Waals surface area (Å²) in [5.74, 6) is 2.77. The fourth-order valence-corrected chi connectivity index (χ4v) is 2.05. The second-order valence-electron chi connectivity index (χ2n) is 4.34. The van der Waals surface area contributed by atoms with Gasteiger partial charge in [-0.05, 0) is 30.9 Å². The van der Waals surface area contributed by atoms with Crippen molar-refractivity contribution >= 4 is 0 Å². The lowest BCUT2D eigenvalue weighted by Gasteiger charge is -2.00. The van der Waals surface area contributed by atoms with E-state index >= 15 is 0 Å². The van der Waals surface area contributed by atoms with Crippen molar-refractivity contribution in [3.63, 3.8) is 0 Å². The van der Waals surface area contributed by atoms with E-state index in [4.69, 9.17) is 10.2 Å². The van der Waals surface area contributed by atoms with Crippen molar-refractivity contribution in [1.82, 2.24) is 5.32 Å². The number of hydrogen-bond acceptors (Lipinski definition) is 3. The monoisotopic (exact) mass is 208 g/mol. The van der Waals surface area contributed by atoms with Gasteiger partial charge in [-0.2, -0.15) is 0 Å². The molecule has 3 N–H and O–H groups in total. The maximum absolute atomic E-state index is 5.52. The van der Waals surface area contributed by atoms with Gasteiger partial charge in [-0.3, -0.25) is 0 Å². The average molecular weight is 208 g/mol. The van der Waals surface area contributed by atoms with Crippen LogP contribution in [-0.4, -0.2) is 6.04 Å². The summed E-state index contributed by atoms with van der Waals surface area (Å²) >= 11 is 0. The van der Waals surface area contributed by atoms with E-state index < -0.39 is 0 Å². The first-order chi connectivity index (χ1) is 7.33. The van der Waals surface area contributed by atoms with Gasteiger partial charge in [0.25, 0.3) is 0 Å². The number of hydrogen-bond donors (Lipinski definition) is 2. The SMILES string of the molecule is CCCC1CC1NCc1ccc(CN)o1. The molecule has 1 aromatic rings. The van der Waals surface area contributed by atoms with Crippen LogP contribution < -0.4 is 11.1 Å². The molecule has 0 amide bonds. The summed E-state index contributed by atoms with van der Waals surface area (Å²) in [5, 5.41) is 3.51. The Hall–Kier alpha value is -0.800. The highest BCUT2D eigenvalue weighted by Gasteiger charge is 2.35. The van der Waals surface area contributed by atoms with Gasteiger partial charge in [0.15, 0.2) is 0 Å². The van der Waals surface area contributed by atoms with E-state index in [0.717, 1.165) is 30.0 Å². The lowest BCUT2D eigenvalue weighted by Crippen LogP contribution is -2.17. The average Bonchev–Trinajstić information content (AvgIpc) is 2.82. The van der Waals surface area contributed by atoms with Crippen LogP contribution in [0.1, 0.15) is 37.7 Å². The van der Waals surface area contributed by atoms with Gasteiger partial charge < -0.3 is 15.5 Å². The largest absolute Gasteiger partial charge is 0.463 e. The van der Waals surface area contributed by atoms with Gasteiger partial charge in [0, 0.05) is 6.04 Å². The van der Waals surface area contributed by atoms with Crippen LogP contribution in [-0.2, 0) is 13.1 Å². The number of rotatable bonds is 6. The molecule has 0 radical (unpaired) electrons. The van der Waals surface area contributed by atoms with Crippen molar-refractivity contribution < 1.29 is 4.42 Å². The summed E-state index contributed by atoms with van der Waals surface area (Å²) in [6.45, 7) is 3.57. The summed E-state index contributed by atoms with van der Waals surface area (Å²) in [6, 6.07) is 4.68. The van der Waals surface area contributed by atoms with Crippen molar-refractivity contribution in [2.45, 2.75) is 45.3 Å². The molecule has 2 rings (SSSR count). The Labute approximate surface area is 91.0 Å². The Bertz CT molecular complexity index is 308. The van der Waals surface area contributed by atoms with Gasteiger partial charge in [0.2, 0.25) is 0 Å². The summed E-state index contributed by atoms with van der Waals surface area (Å²) in [7, 11) is 0. The summed E-state index contributed by atoms with van der Waals surface area (Å²) in [4.78, 5) is 0. The predicted molar refractivity (Wildman–Crippen MR) is 60.2 cm³/mol. The Morgan fingerprint density at radius 2 is 2.27 bits per heavy atom. The molecule has 1 heterocycles. The zero-order valence-corrected chi connectivity index (χ0v) is 9.33. The Morgan fingerprint density at radius 1 is 1.47 bits per heavy atom. The lowest BCUT2D eigenvalue weighted by molar-refractivity contribution is 0.443. The first kappa shape index (κ1) is 10.7. The molecule has 84 valence electrons. The van der Waals surface area contributed by atoms with E-state index in [1.54, 1.807) is 0 Å². The summed E-state index contributed by atoms with van der Waals surface area (Å²) < 4.78 is 5.52. The minimum absolute atomic E-state index is 0.488. The Morgan fingerprint density at radius 3 is 2.93 bits per heavy atom. The molecule has 0 aliphatic heterocycles. The maximum Gasteiger partial charge on any atom is 0.118 e. The van der Waals surface area contributed by atoms with Gasteiger partial charge in [0.05, 0.1) is 13.1 Å². The van der Waals surface area contributed by atoms with Crippen LogP contribution >= 0.6 is 0 Å². The van der Waals surface area contributed by atoms with Gasteiger partial charge in [-0.1, -0.05) is 13.3 Å². The van der Waals surface area contributed by atoms with Crippen molar-refractivity contribution in [2.75, 3.05) is 0 Å². The van der Waals surface area contributed by atoms with E-state index in [-0.39, 0.29) is 0 Å².